The molecule has 464 valence electrons. The second-order valence-corrected chi connectivity index (χ2v) is 10.9. The maximum absolute atomic E-state index is 10.7. The lowest BCUT2D eigenvalue weighted by molar-refractivity contribution is -0.129. The lowest BCUT2D eigenvalue weighted by Crippen LogP contribution is -2.33. The molecule has 0 bridgehead atoms. The molecule has 0 unspecified atom stereocenters. The van der Waals surface area contributed by atoms with Crippen LogP contribution in [0, 0.1) is 11.8 Å². The van der Waals surface area contributed by atoms with E-state index in [0.29, 0.717) is 0 Å². The Morgan fingerprint density at radius 2 is 0.573 bits per heavy atom. The molecule has 1 aliphatic heterocycles. The molecular formula is C54H132N10O11. The fourth-order valence-corrected chi connectivity index (χ4v) is 2.64. The number of nitrogens with two attached hydrogens (primary N) is 5. The highest BCUT2D eigenvalue weighted by Gasteiger charge is 2.11. The van der Waals surface area contributed by atoms with Crippen LogP contribution in [0.4, 0.5) is 0 Å². The van der Waals surface area contributed by atoms with Crippen molar-refractivity contribution in [2.24, 2.45) is 40.5 Å². The topological polar surface area (TPSA) is 464 Å². The molecule has 21 heteroatoms. The Labute approximate surface area is 463 Å². The molecule has 0 radical (unpaired) electrons. The Balaban J connectivity index is -0.0000000186. The number of aliphatic hydroxyl groups excluding tert-OH is 1. The number of hydrogen-bond acceptors (Lipinski definition) is 20. The van der Waals surface area contributed by atoms with Crippen molar-refractivity contribution in [2.75, 3.05) is 48.3 Å². The average molecular weight is 1100 g/mol. The molecule has 1 fully saturated rings. The summed E-state index contributed by atoms with van der Waals surface area (Å²) in [7, 11) is 7.50. The summed E-state index contributed by atoms with van der Waals surface area (Å²) in [4.78, 5) is 84.6. The van der Waals surface area contributed by atoms with E-state index in [4.69, 9.17) is 48.3 Å². The molecule has 75 heavy (non-hydrogen) atoms. The van der Waals surface area contributed by atoms with Gasteiger partial charge in [0.1, 0.15) is 61.1 Å². The number of hydrogen-bond donors (Lipinski definition) is 10. The number of aliphatic hydroxyl groups is 1. The molecule has 2 aromatic carbocycles. The van der Waals surface area contributed by atoms with E-state index in [0.717, 1.165) is 37.8 Å². The van der Waals surface area contributed by atoms with Gasteiger partial charge in [0.05, 0.1) is 0 Å². The number of carbonyl (C=O) groups is 10. The minimum atomic E-state index is -0.167. The number of amides is 1. The fraction of sp³-hybridized carbons (Fsp3) is 0.593. The zero-order valence-electron chi connectivity index (χ0n) is 52.4. The van der Waals surface area contributed by atoms with Crippen LogP contribution in [-0.4, -0.2) is 131 Å². The van der Waals surface area contributed by atoms with Crippen molar-refractivity contribution in [1.82, 2.24) is 29.5 Å². The highest BCUT2D eigenvalue weighted by molar-refractivity contribution is 5.73. The highest BCUT2D eigenvalue weighted by Crippen LogP contribution is 2.07. The zero-order valence-corrected chi connectivity index (χ0v) is 52.4. The molecule has 1 amide bonds. The molecular weight excluding hydrogens is 965 g/mol. The first-order valence-electron chi connectivity index (χ1n) is 22.9. The van der Waals surface area contributed by atoms with E-state index in [2.05, 4.69) is 133 Å². The van der Waals surface area contributed by atoms with Crippen LogP contribution in [-0.2, 0) is 60.8 Å². The maximum atomic E-state index is 10.7. The van der Waals surface area contributed by atoms with Gasteiger partial charge in [0.25, 0.3) is 0 Å². The van der Waals surface area contributed by atoms with Crippen LogP contribution in [0.1, 0.15) is 147 Å². The highest BCUT2D eigenvalue weighted by atomic mass is 16.3. The van der Waals surface area contributed by atoms with Crippen LogP contribution in [0.2, 0.25) is 0 Å². The molecule has 21 nitrogen and oxygen atoms in total. The Bertz CT molecular complexity index is 844. The van der Waals surface area contributed by atoms with Gasteiger partial charge in [-0.15, -0.1) is 0 Å². The summed E-state index contributed by atoms with van der Waals surface area (Å²) in [6, 6.07) is 20.9. The van der Waals surface area contributed by atoms with Gasteiger partial charge >= 0.3 is 0 Å². The van der Waals surface area contributed by atoms with Crippen LogP contribution in [0.5, 0.6) is 0 Å². The first kappa shape index (κ1) is 151. The summed E-state index contributed by atoms with van der Waals surface area (Å²) >= 11 is 0. The maximum Gasteiger partial charge on any atom is 0.219 e. The van der Waals surface area contributed by atoms with Crippen molar-refractivity contribution in [3.63, 3.8) is 0 Å². The number of benzene rings is 2. The summed E-state index contributed by atoms with van der Waals surface area (Å²) in [5, 5.41) is 8.06. The van der Waals surface area contributed by atoms with Crippen molar-refractivity contribution in [1.29, 1.82) is 0 Å². The van der Waals surface area contributed by atoms with Gasteiger partial charge < -0.3 is 106 Å². The van der Waals surface area contributed by atoms with Crippen LogP contribution in [0.3, 0.4) is 0 Å². The molecule has 3 rings (SSSR count). The smallest absolute Gasteiger partial charge is 0.219 e. The monoisotopic (exact) mass is 1100 g/mol. The van der Waals surface area contributed by atoms with E-state index in [1.54, 1.807) is 20.8 Å². The van der Waals surface area contributed by atoms with Gasteiger partial charge in [-0.05, 0) is 104 Å². The Morgan fingerprint density at radius 3 is 0.653 bits per heavy atom. The van der Waals surface area contributed by atoms with E-state index < -0.39 is 0 Å². The third kappa shape index (κ3) is 325. The predicted octanol–water partition coefficient (Wildman–Crippen LogP) is 8.92. The van der Waals surface area contributed by atoms with Gasteiger partial charge in [-0.1, -0.05) is 157 Å². The van der Waals surface area contributed by atoms with Crippen LogP contribution >= 0.6 is 0 Å². The van der Waals surface area contributed by atoms with Crippen LogP contribution in [0.15, 0.2) is 60.7 Å². The fourth-order valence-electron chi connectivity index (χ4n) is 2.64. The van der Waals surface area contributed by atoms with Crippen molar-refractivity contribution in [3.8, 4) is 0 Å². The van der Waals surface area contributed by atoms with E-state index >= 15 is 0 Å². The van der Waals surface area contributed by atoms with Gasteiger partial charge in [-0.2, -0.15) is 0 Å². The summed E-state index contributed by atoms with van der Waals surface area (Å²) in [5.41, 5.74) is 25.3. The largest absolute Gasteiger partial charge is 0.394 e. The Hall–Kier alpha value is -5.46. The number of piperidine rings is 1. The molecule has 2 aromatic rings. The quantitative estimate of drug-likeness (QED) is 0.136. The van der Waals surface area contributed by atoms with Crippen molar-refractivity contribution in [2.45, 2.75) is 155 Å². The van der Waals surface area contributed by atoms with Gasteiger partial charge in [-0.25, -0.2) is 0 Å². The lowest BCUT2D eigenvalue weighted by atomic mass is 10.1. The molecule has 0 aromatic heterocycles. The van der Waals surface area contributed by atoms with Crippen LogP contribution in [0.25, 0.3) is 0 Å². The predicted molar refractivity (Wildman–Crippen MR) is 333 cm³/mol. The second kappa shape index (κ2) is 262. The number of nitrogens with zero attached hydrogens (tertiary/aromatic N) is 1. The molecule has 0 saturated carbocycles. The van der Waals surface area contributed by atoms with Crippen molar-refractivity contribution < 1.29 is 53.1 Å². The molecule has 0 spiro atoms. The summed E-state index contributed by atoms with van der Waals surface area (Å²) in [6.07, 6.45) is 8.41. The third-order valence-corrected chi connectivity index (χ3v) is 5.94. The van der Waals surface area contributed by atoms with E-state index in [1.165, 1.54) is 78.5 Å². The summed E-state index contributed by atoms with van der Waals surface area (Å²) in [5.74, 6) is 2.00. The van der Waals surface area contributed by atoms with Crippen molar-refractivity contribution in [3.05, 3.63) is 71.8 Å². The molecule has 1 heterocycles. The van der Waals surface area contributed by atoms with Gasteiger partial charge in [0.15, 0.2) is 0 Å². The Morgan fingerprint density at radius 1 is 0.427 bits per heavy atom. The number of aryl methyl sites for hydroxylation is 2. The van der Waals surface area contributed by atoms with Crippen LogP contribution < -0.4 is 53.3 Å². The third-order valence-electron chi connectivity index (χ3n) is 5.94. The lowest BCUT2D eigenvalue weighted by Gasteiger charge is -2.24. The minimum absolute atomic E-state index is 0. The first-order chi connectivity index (χ1) is 34.4. The first-order valence-corrected chi connectivity index (χ1v) is 22.9. The van der Waals surface area contributed by atoms with Gasteiger partial charge in [0, 0.05) is 26.1 Å². The SMILES string of the molecule is C=O.C=O.C=O.C=O.C=O.C=O.C=O.C=O.C=O.CC.CC.CC(=O)N1CCCCC1.CC(C)O.CCC(C)C.CCC(C)C.CCc1ccccc1.CCc1ccccc1.CN.CN.CN.CN.CN.N.N.N.N. The molecule has 1 saturated heterocycles. The van der Waals surface area contributed by atoms with Crippen molar-refractivity contribution >= 4 is 67.0 Å². The standard InChI is InChI=1S/2C8H10.C7H13NO.2C5H12.C3H8O.2C2H6.5CH5N.9CH2O.4H3N/c2*1-2-8-6-4-3-5-7-8;1-7(9)8-5-3-2-4-6-8;2*1-4-5(2)3;1-3(2)4;16*1-2;;;;/h2*3-7H,2H2,1H3;2-6H2,1H3;2*5H,4H2,1-3H3;3-4H,1-2H3;2*1-2H3;5*2H2,1H3;9*1H2;4*1H3. The van der Waals surface area contributed by atoms with E-state index in [9.17, 15) is 4.79 Å². The molecule has 23 N–H and O–H groups in total. The summed E-state index contributed by atoms with van der Waals surface area (Å²) in [6.45, 7) is 50.7. The van der Waals surface area contributed by atoms with Gasteiger partial charge in [-0.3, -0.25) is 4.79 Å². The Kier molecular flexibility index (Phi) is 527. The number of rotatable bonds is 4. The average Bonchev–Trinajstić information content (AvgIpc) is 3.50. The molecule has 0 atom stereocenters. The normalized spacial score (nSPS) is 7.13. The van der Waals surface area contributed by atoms with E-state index in [-0.39, 0.29) is 36.6 Å². The summed E-state index contributed by atoms with van der Waals surface area (Å²) < 4.78 is 0. The zero-order chi connectivity index (χ0) is 62.5. The number of carbonyl (C=O) groups excluding carboxylic acids is 10. The van der Waals surface area contributed by atoms with E-state index in [1.807, 2.05) is 106 Å². The number of likely N-dealkylation sites (tertiary alicyclic amines) is 1. The minimum Gasteiger partial charge on any atom is -0.394 e. The van der Waals surface area contributed by atoms with Gasteiger partial charge in [0.2, 0.25) is 5.91 Å². The molecule has 0 aliphatic carbocycles. The molecule has 1 aliphatic rings. The second-order valence-electron chi connectivity index (χ2n) is 10.9.